The fourth-order valence-corrected chi connectivity index (χ4v) is 2.64. The van der Waals surface area contributed by atoms with Gasteiger partial charge < -0.3 is 10.6 Å². The van der Waals surface area contributed by atoms with Gasteiger partial charge in [0.2, 0.25) is 0 Å². The van der Waals surface area contributed by atoms with Gasteiger partial charge in [-0.05, 0) is 25.5 Å². The molecule has 1 unspecified atom stereocenters. The van der Waals surface area contributed by atoms with E-state index in [-0.39, 0.29) is 0 Å². The molecule has 0 aromatic rings. The Morgan fingerprint density at radius 3 is 3.07 bits per heavy atom. The van der Waals surface area contributed by atoms with Crippen LogP contribution in [-0.2, 0) is 0 Å². The Bertz CT molecular complexity index is 239. The van der Waals surface area contributed by atoms with Crippen molar-refractivity contribution < 1.29 is 0 Å². The number of terminal acetylenes is 1. The lowest BCUT2D eigenvalue weighted by Gasteiger charge is -2.10. The lowest BCUT2D eigenvalue weighted by molar-refractivity contribution is 0.773. The van der Waals surface area contributed by atoms with Crippen molar-refractivity contribution in [3.05, 3.63) is 0 Å². The second kappa shape index (κ2) is 7.47. The third-order valence-corrected chi connectivity index (χ3v) is 3.56. The predicted molar refractivity (Wildman–Crippen MR) is 68.3 cm³/mol. The quantitative estimate of drug-likeness (QED) is 0.427. The number of rotatable bonds is 4. The summed E-state index contributed by atoms with van der Waals surface area (Å²) >= 11 is 2.02. The van der Waals surface area contributed by atoms with E-state index in [0.717, 1.165) is 19.0 Å². The smallest absolute Gasteiger partial charge is 0.192 e. The summed E-state index contributed by atoms with van der Waals surface area (Å²) in [6.45, 7) is 4.35. The minimum atomic E-state index is 0.531. The van der Waals surface area contributed by atoms with Crippen molar-refractivity contribution in [3.63, 3.8) is 0 Å². The van der Waals surface area contributed by atoms with Crippen molar-refractivity contribution >= 4 is 17.7 Å². The summed E-state index contributed by atoms with van der Waals surface area (Å²) < 4.78 is 0. The predicted octanol–water partition coefficient (Wildman–Crippen LogP) is 1.07. The van der Waals surface area contributed by atoms with Crippen LogP contribution in [0.5, 0.6) is 0 Å². The molecule has 1 heterocycles. The minimum absolute atomic E-state index is 0.531. The molecule has 0 aliphatic carbocycles. The van der Waals surface area contributed by atoms with Crippen molar-refractivity contribution in [2.24, 2.45) is 4.99 Å². The highest BCUT2D eigenvalue weighted by molar-refractivity contribution is 8.00. The van der Waals surface area contributed by atoms with Gasteiger partial charge in [-0.2, -0.15) is 11.8 Å². The van der Waals surface area contributed by atoms with E-state index in [0.29, 0.717) is 11.8 Å². The Kier molecular flexibility index (Phi) is 6.10. The molecule has 1 atom stereocenters. The highest BCUT2D eigenvalue weighted by Gasteiger charge is 2.14. The Hall–Kier alpha value is -0.820. The summed E-state index contributed by atoms with van der Waals surface area (Å²) in [5, 5.41) is 6.96. The van der Waals surface area contributed by atoms with Crippen LogP contribution in [0.15, 0.2) is 4.99 Å². The maximum absolute atomic E-state index is 5.19. The molecule has 0 aromatic carbocycles. The first-order valence-electron chi connectivity index (χ1n) is 5.44. The fourth-order valence-electron chi connectivity index (χ4n) is 1.46. The standard InChI is InChI=1S/C11H19N3S/c1-3-7-13-11(12-4-2)14-9-10-6-5-8-15-10/h1,10H,4-9H2,2H3,(H2,12,13,14). The second-order valence-electron chi connectivity index (χ2n) is 3.41. The highest BCUT2D eigenvalue weighted by Crippen LogP contribution is 2.25. The van der Waals surface area contributed by atoms with E-state index in [4.69, 9.17) is 6.42 Å². The molecule has 84 valence electrons. The zero-order valence-corrected chi connectivity index (χ0v) is 10.1. The number of nitrogens with zero attached hydrogens (tertiary/aromatic N) is 1. The van der Waals surface area contributed by atoms with Gasteiger partial charge in [0.1, 0.15) is 0 Å². The van der Waals surface area contributed by atoms with Crippen LogP contribution < -0.4 is 10.6 Å². The zero-order valence-electron chi connectivity index (χ0n) is 9.25. The van der Waals surface area contributed by atoms with Crippen molar-refractivity contribution in [2.75, 3.05) is 25.4 Å². The molecule has 1 saturated heterocycles. The molecule has 1 fully saturated rings. The molecule has 0 saturated carbocycles. The Balaban J connectivity index is 2.32. The molecule has 1 aliphatic heterocycles. The largest absolute Gasteiger partial charge is 0.357 e. The normalized spacial score (nSPS) is 21.1. The topological polar surface area (TPSA) is 36.4 Å². The molecule has 0 spiro atoms. The van der Waals surface area contributed by atoms with Crippen LogP contribution in [0, 0.1) is 12.3 Å². The summed E-state index contributed by atoms with van der Waals surface area (Å²) in [6.07, 6.45) is 7.82. The van der Waals surface area contributed by atoms with Gasteiger partial charge in [-0.15, -0.1) is 6.42 Å². The van der Waals surface area contributed by atoms with E-state index >= 15 is 0 Å². The first kappa shape index (κ1) is 12.3. The first-order valence-corrected chi connectivity index (χ1v) is 6.49. The van der Waals surface area contributed by atoms with Crippen molar-refractivity contribution in [2.45, 2.75) is 25.0 Å². The van der Waals surface area contributed by atoms with Gasteiger partial charge in [-0.25, -0.2) is 0 Å². The maximum atomic E-state index is 5.19. The summed E-state index contributed by atoms with van der Waals surface area (Å²) in [4.78, 5) is 4.51. The Morgan fingerprint density at radius 2 is 2.47 bits per heavy atom. The third kappa shape index (κ3) is 4.98. The second-order valence-corrected chi connectivity index (χ2v) is 4.82. The number of aliphatic imine (C=N–C) groups is 1. The number of hydrogen-bond acceptors (Lipinski definition) is 2. The molecule has 4 heteroatoms. The average molecular weight is 225 g/mol. The average Bonchev–Trinajstić information content (AvgIpc) is 2.75. The molecule has 0 aromatic heterocycles. The minimum Gasteiger partial charge on any atom is -0.357 e. The number of nitrogens with one attached hydrogen (secondary N) is 2. The van der Waals surface area contributed by atoms with Gasteiger partial charge in [-0.1, -0.05) is 5.92 Å². The molecule has 1 aliphatic rings. The van der Waals surface area contributed by atoms with Gasteiger partial charge in [0.05, 0.1) is 13.1 Å². The van der Waals surface area contributed by atoms with E-state index in [1.807, 2.05) is 11.8 Å². The van der Waals surface area contributed by atoms with Gasteiger partial charge >= 0.3 is 0 Å². The van der Waals surface area contributed by atoms with Crippen LogP contribution in [0.4, 0.5) is 0 Å². The number of thioether (sulfide) groups is 1. The lowest BCUT2D eigenvalue weighted by Crippen LogP contribution is -2.37. The van der Waals surface area contributed by atoms with Crippen LogP contribution in [0.2, 0.25) is 0 Å². The third-order valence-electron chi connectivity index (χ3n) is 2.18. The van der Waals surface area contributed by atoms with Crippen molar-refractivity contribution in [3.8, 4) is 12.3 Å². The molecular formula is C11H19N3S. The summed E-state index contributed by atoms with van der Waals surface area (Å²) in [7, 11) is 0. The summed E-state index contributed by atoms with van der Waals surface area (Å²) in [6, 6.07) is 0. The summed E-state index contributed by atoms with van der Waals surface area (Å²) in [5.74, 6) is 4.67. The SMILES string of the molecule is C#CCNC(=NCC1CCCS1)NCC. The lowest BCUT2D eigenvalue weighted by atomic mass is 10.2. The summed E-state index contributed by atoms with van der Waals surface area (Å²) in [5.41, 5.74) is 0. The van der Waals surface area contributed by atoms with Crippen LogP contribution >= 0.6 is 11.8 Å². The van der Waals surface area contributed by atoms with Crippen LogP contribution in [0.25, 0.3) is 0 Å². The molecule has 2 N–H and O–H groups in total. The molecule has 1 rings (SSSR count). The maximum Gasteiger partial charge on any atom is 0.192 e. The molecule has 3 nitrogen and oxygen atoms in total. The van der Waals surface area contributed by atoms with Gasteiger partial charge in [-0.3, -0.25) is 4.99 Å². The molecule has 0 bridgehead atoms. The van der Waals surface area contributed by atoms with E-state index < -0.39 is 0 Å². The van der Waals surface area contributed by atoms with E-state index in [9.17, 15) is 0 Å². The van der Waals surface area contributed by atoms with E-state index in [1.54, 1.807) is 0 Å². The van der Waals surface area contributed by atoms with Crippen LogP contribution in [0.3, 0.4) is 0 Å². The Labute approximate surface area is 96.5 Å². The zero-order chi connectivity index (χ0) is 10.9. The van der Waals surface area contributed by atoms with Gasteiger partial charge in [0, 0.05) is 11.8 Å². The fraction of sp³-hybridized carbons (Fsp3) is 0.727. The van der Waals surface area contributed by atoms with Crippen LogP contribution in [-0.4, -0.2) is 36.6 Å². The highest BCUT2D eigenvalue weighted by atomic mass is 32.2. The molecule has 0 radical (unpaired) electrons. The molecule has 15 heavy (non-hydrogen) atoms. The monoisotopic (exact) mass is 225 g/mol. The first-order chi connectivity index (χ1) is 7.36. The van der Waals surface area contributed by atoms with Crippen molar-refractivity contribution in [1.82, 2.24) is 10.6 Å². The molecular weight excluding hydrogens is 206 g/mol. The van der Waals surface area contributed by atoms with Crippen LogP contribution in [0.1, 0.15) is 19.8 Å². The van der Waals surface area contributed by atoms with Gasteiger partial charge in [0.15, 0.2) is 5.96 Å². The Morgan fingerprint density at radius 1 is 1.60 bits per heavy atom. The van der Waals surface area contributed by atoms with Gasteiger partial charge in [0.25, 0.3) is 0 Å². The van der Waals surface area contributed by atoms with E-state index in [2.05, 4.69) is 28.5 Å². The number of guanidine groups is 1. The molecule has 0 amide bonds. The number of hydrogen-bond donors (Lipinski definition) is 2. The van der Waals surface area contributed by atoms with E-state index in [1.165, 1.54) is 18.6 Å². The van der Waals surface area contributed by atoms with Crippen molar-refractivity contribution in [1.29, 1.82) is 0 Å².